The van der Waals surface area contributed by atoms with E-state index in [1.165, 1.54) is 0 Å². The average Bonchev–Trinajstić information content (AvgIpc) is 2.84. The first-order valence-electron chi connectivity index (χ1n) is 7.32. The third kappa shape index (κ3) is 1.90. The Morgan fingerprint density at radius 1 is 0.909 bits per heavy atom. The molecule has 3 aromatic rings. The number of hydrogen-bond acceptors (Lipinski definition) is 2. The van der Waals surface area contributed by atoms with Crippen LogP contribution in [0.3, 0.4) is 0 Å². The minimum absolute atomic E-state index is 0.0400. The van der Waals surface area contributed by atoms with E-state index in [2.05, 4.69) is 0 Å². The molecule has 0 spiro atoms. The molecule has 0 fully saturated rings. The van der Waals surface area contributed by atoms with Gasteiger partial charge in [-0.2, -0.15) is 0 Å². The maximum absolute atomic E-state index is 12.7. The zero-order chi connectivity index (χ0) is 15.1. The zero-order valence-electron chi connectivity index (χ0n) is 11.9. The van der Waals surface area contributed by atoms with Gasteiger partial charge in [-0.25, -0.2) is 0 Å². The molecule has 1 atom stereocenters. The first-order valence-corrected chi connectivity index (χ1v) is 7.32. The number of carbonyl (C=O) groups is 1. The van der Waals surface area contributed by atoms with Gasteiger partial charge >= 0.3 is 0 Å². The number of aliphatic hydroxyl groups is 1. The Bertz CT molecular complexity index is 852. The normalized spacial score (nSPS) is 14.6. The molecule has 3 nitrogen and oxygen atoms in total. The summed E-state index contributed by atoms with van der Waals surface area (Å²) < 4.78 is 0. The molecule has 0 saturated heterocycles. The van der Waals surface area contributed by atoms with E-state index in [4.69, 9.17) is 0 Å². The van der Waals surface area contributed by atoms with Crippen molar-refractivity contribution < 1.29 is 9.90 Å². The number of β-amino-alcohol motifs (C(OH)–C–C–N with tert-alkyl or cyclic N) is 1. The predicted molar refractivity (Wildman–Crippen MR) is 87.0 cm³/mol. The fraction of sp³-hybridized carbons (Fsp3) is 0.105. The van der Waals surface area contributed by atoms with Crippen molar-refractivity contribution in [1.82, 2.24) is 0 Å². The number of carbonyl (C=O) groups excluding carboxylic acids is 1. The lowest BCUT2D eigenvalue weighted by Gasteiger charge is -2.21. The summed E-state index contributed by atoms with van der Waals surface area (Å²) in [6, 6.07) is 21.1. The molecule has 22 heavy (non-hydrogen) atoms. The second-order valence-electron chi connectivity index (χ2n) is 5.52. The quantitative estimate of drug-likeness (QED) is 0.801. The van der Waals surface area contributed by atoms with Crippen molar-refractivity contribution in [2.24, 2.45) is 0 Å². The van der Waals surface area contributed by atoms with E-state index in [0.717, 1.165) is 22.0 Å². The molecule has 0 aromatic heterocycles. The van der Waals surface area contributed by atoms with Gasteiger partial charge in [-0.3, -0.25) is 4.79 Å². The van der Waals surface area contributed by atoms with E-state index in [-0.39, 0.29) is 12.5 Å². The van der Waals surface area contributed by atoms with Gasteiger partial charge in [-0.15, -0.1) is 0 Å². The molecule has 0 aliphatic carbocycles. The summed E-state index contributed by atoms with van der Waals surface area (Å²) in [5.41, 5.74) is 2.42. The Balaban J connectivity index is 1.73. The van der Waals surface area contributed by atoms with Crippen LogP contribution >= 0.6 is 0 Å². The highest BCUT2D eigenvalue weighted by atomic mass is 16.3. The topological polar surface area (TPSA) is 40.5 Å². The smallest absolute Gasteiger partial charge is 0.259 e. The molecule has 3 heteroatoms. The molecule has 1 heterocycles. The predicted octanol–water partition coefficient (Wildman–Crippen LogP) is 3.53. The summed E-state index contributed by atoms with van der Waals surface area (Å²) in [5, 5.41) is 12.5. The average molecular weight is 289 g/mol. The molecule has 4 rings (SSSR count). The molecule has 0 radical (unpaired) electrons. The van der Waals surface area contributed by atoms with Crippen LogP contribution in [0.15, 0.2) is 66.7 Å². The van der Waals surface area contributed by atoms with Crippen molar-refractivity contribution in [2.75, 3.05) is 11.4 Å². The molecule has 1 aliphatic rings. The molecule has 1 unspecified atom stereocenters. The minimum atomic E-state index is -0.699. The summed E-state index contributed by atoms with van der Waals surface area (Å²) >= 11 is 0. The maximum Gasteiger partial charge on any atom is 0.259 e. The summed E-state index contributed by atoms with van der Waals surface area (Å²) in [7, 11) is 0. The Kier molecular flexibility index (Phi) is 2.94. The van der Waals surface area contributed by atoms with Gasteiger partial charge in [0, 0.05) is 10.9 Å². The highest BCUT2D eigenvalue weighted by molar-refractivity contribution is 6.25. The van der Waals surface area contributed by atoms with Gasteiger partial charge < -0.3 is 10.0 Å². The molecule has 1 aliphatic heterocycles. The number of hydrogen-bond donors (Lipinski definition) is 1. The van der Waals surface area contributed by atoms with Crippen LogP contribution in [0.25, 0.3) is 10.8 Å². The largest absolute Gasteiger partial charge is 0.387 e. The fourth-order valence-electron chi connectivity index (χ4n) is 3.11. The van der Waals surface area contributed by atoms with Crippen LogP contribution in [0.5, 0.6) is 0 Å². The Labute approximate surface area is 128 Å². The molecule has 108 valence electrons. The molecule has 0 bridgehead atoms. The standard InChI is InChI=1S/C19H15NO2/c21-17(13-6-2-1-3-7-13)12-20-16-11-5-9-14-8-4-10-15(18(14)16)19(20)22/h1-11,17,21H,12H2. The van der Waals surface area contributed by atoms with E-state index >= 15 is 0 Å². The van der Waals surface area contributed by atoms with Gasteiger partial charge in [-0.05, 0) is 23.1 Å². The number of rotatable bonds is 3. The van der Waals surface area contributed by atoms with Crippen molar-refractivity contribution in [1.29, 1.82) is 0 Å². The van der Waals surface area contributed by atoms with Crippen molar-refractivity contribution >= 4 is 22.4 Å². The summed E-state index contributed by atoms with van der Waals surface area (Å²) in [6.45, 7) is 0.261. The minimum Gasteiger partial charge on any atom is -0.387 e. The lowest BCUT2D eigenvalue weighted by atomic mass is 10.1. The Morgan fingerprint density at radius 2 is 1.64 bits per heavy atom. The van der Waals surface area contributed by atoms with Gasteiger partial charge in [0.25, 0.3) is 5.91 Å². The Hall–Kier alpha value is -2.65. The van der Waals surface area contributed by atoms with Crippen molar-refractivity contribution in [2.45, 2.75) is 6.10 Å². The van der Waals surface area contributed by atoms with Crippen LogP contribution in [0.1, 0.15) is 22.0 Å². The van der Waals surface area contributed by atoms with Crippen LogP contribution in [-0.2, 0) is 0 Å². The molecular weight excluding hydrogens is 274 g/mol. The van der Waals surface area contributed by atoms with Crippen LogP contribution in [0.4, 0.5) is 5.69 Å². The summed E-state index contributed by atoms with van der Waals surface area (Å²) in [5.74, 6) is -0.0400. The van der Waals surface area contributed by atoms with Crippen LogP contribution in [0.2, 0.25) is 0 Å². The zero-order valence-corrected chi connectivity index (χ0v) is 11.9. The van der Waals surface area contributed by atoms with E-state index in [1.807, 2.05) is 66.7 Å². The SMILES string of the molecule is O=C1c2cccc3cccc(c23)N1CC(O)c1ccccc1. The fourth-order valence-corrected chi connectivity index (χ4v) is 3.11. The first kappa shape index (κ1) is 13.0. The van der Waals surface area contributed by atoms with E-state index in [9.17, 15) is 9.90 Å². The number of amides is 1. The highest BCUT2D eigenvalue weighted by Crippen LogP contribution is 2.37. The van der Waals surface area contributed by atoms with E-state index < -0.39 is 6.10 Å². The number of anilines is 1. The van der Waals surface area contributed by atoms with Gasteiger partial charge in [0.2, 0.25) is 0 Å². The monoisotopic (exact) mass is 289 g/mol. The second kappa shape index (κ2) is 4.97. The third-order valence-electron chi connectivity index (χ3n) is 4.19. The van der Waals surface area contributed by atoms with Gasteiger partial charge in [0.15, 0.2) is 0 Å². The first-order chi connectivity index (χ1) is 10.8. The van der Waals surface area contributed by atoms with Gasteiger partial charge in [0.05, 0.1) is 18.3 Å². The molecule has 1 N–H and O–H groups in total. The number of nitrogens with zero attached hydrogens (tertiary/aromatic N) is 1. The van der Waals surface area contributed by atoms with Crippen LogP contribution in [-0.4, -0.2) is 17.6 Å². The van der Waals surface area contributed by atoms with Gasteiger partial charge in [-0.1, -0.05) is 54.6 Å². The van der Waals surface area contributed by atoms with E-state index in [1.54, 1.807) is 4.90 Å². The van der Waals surface area contributed by atoms with Crippen molar-refractivity contribution in [3.63, 3.8) is 0 Å². The number of aliphatic hydroxyl groups excluding tert-OH is 1. The number of benzene rings is 3. The molecular formula is C19H15NO2. The molecule has 0 saturated carbocycles. The summed E-state index contributed by atoms with van der Waals surface area (Å²) in [4.78, 5) is 14.3. The lowest BCUT2D eigenvalue weighted by molar-refractivity contribution is 0.0969. The Morgan fingerprint density at radius 3 is 2.41 bits per heavy atom. The van der Waals surface area contributed by atoms with Crippen LogP contribution in [0, 0.1) is 0 Å². The van der Waals surface area contributed by atoms with Crippen molar-refractivity contribution in [3.05, 3.63) is 77.9 Å². The van der Waals surface area contributed by atoms with Gasteiger partial charge in [0.1, 0.15) is 0 Å². The van der Waals surface area contributed by atoms with Crippen molar-refractivity contribution in [3.8, 4) is 0 Å². The lowest BCUT2D eigenvalue weighted by Crippen LogP contribution is -2.31. The summed E-state index contributed by atoms with van der Waals surface area (Å²) in [6.07, 6.45) is -0.699. The van der Waals surface area contributed by atoms with E-state index in [0.29, 0.717) is 5.56 Å². The molecule has 1 amide bonds. The maximum atomic E-state index is 12.7. The molecule has 3 aromatic carbocycles. The van der Waals surface area contributed by atoms with Crippen LogP contribution < -0.4 is 4.90 Å². The second-order valence-corrected chi connectivity index (χ2v) is 5.52. The third-order valence-corrected chi connectivity index (χ3v) is 4.19. The highest BCUT2D eigenvalue weighted by Gasteiger charge is 2.30.